The van der Waals surface area contributed by atoms with Crippen LogP contribution < -0.4 is 0 Å². The molecule has 0 aromatic heterocycles. The molecular weight excluding hydrogens is 256 g/mol. The second-order valence-electron chi connectivity index (χ2n) is 7.22. The van der Waals surface area contributed by atoms with Crippen LogP contribution in [0, 0.1) is 35.5 Å². The van der Waals surface area contributed by atoms with Gasteiger partial charge in [0.15, 0.2) is 0 Å². The molecule has 4 nitrogen and oxygen atoms in total. The number of ether oxygens (including phenoxy) is 1. The van der Waals surface area contributed by atoms with E-state index in [1.165, 1.54) is 6.42 Å². The van der Waals surface area contributed by atoms with Gasteiger partial charge in [-0.25, -0.2) is 4.79 Å². The van der Waals surface area contributed by atoms with Gasteiger partial charge in [-0.1, -0.05) is 6.58 Å². The predicted octanol–water partition coefficient (Wildman–Crippen LogP) is 1.12. The van der Waals surface area contributed by atoms with Crippen molar-refractivity contribution in [2.24, 2.45) is 35.5 Å². The lowest BCUT2D eigenvalue weighted by molar-refractivity contribution is -0.150. The Morgan fingerprint density at radius 2 is 1.75 bits per heavy atom. The third kappa shape index (κ3) is 1.58. The van der Waals surface area contributed by atoms with E-state index in [0.29, 0.717) is 35.5 Å². The first-order chi connectivity index (χ1) is 9.60. The summed E-state index contributed by atoms with van der Waals surface area (Å²) in [5.74, 6) is 3.12. The van der Waals surface area contributed by atoms with E-state index < -0.39 is 5.97 Å². The summed E-state index contributed by atoms with van der Waals surface area (Å²) in [6, 6.07) is 0. The van der Waals surface area contributed by atoms with Crippen LogP contribution in [-0.2, 0) is 9.53 Å². The molecule has 4 aliphatic rings. The van der Waals surface area contributed by atoms with Gasteiger partial charge in [0, 0.05) is 0 Å². The minimum atomic E-state index is -0.440. The largest absolute Gasteiger partial charge is 0.459 e. The van der Waals surface area contributed by atoms with E-state index >= 15 is 0 Å². The summed E-state index contributed by atoms with van der Waals surface area (Å²) in [6.07, 6.45) is 4.13. The number of esters is 1. The van der Waals surface area contributed by atoms with Crippen molar-refractivity contribution >= 4 is 5.97 Å². The summed E-state index contributed by atoms with van der Waals surface area (Å²) in [5, 5.41) is 19.0. The minimum absolute atomic E-state index is 0.00791. The third-order valence-electron chi connectivity index (χ3n) is 6.46. The Morgan fingerprint density at radius 3 is 2.50 bits per heavy atom. The highest BCUT2D eigenvalue weighted by Crippen LogP contribution is 2.67. The molecule has 4 rings (SSSR count). The van der Waals surface area contributed by atoms with Gasteiger partial charge in [0.25, 0.3) is 0 Å². The summed E-state index contributed by atoms with van der Waals surface area (Å²) < 4.78 is 5.58. The van der Waals surface area contributed by atoms with E-state index in [1.54, 1.807) is 0 Å². The van der Waals surface area contributed by atoms with Crippen LogP contribution in [0.4, 0.5) is 0 Å². The van der Waals surface area contributed by atoms with Crippen molar-refractivity contribution in [3.05, 3.63) is 12.2 Å². The molecule has 0 aliphatic heterocycles. The molecule has 0 aromatic rings. The highest BCUT2D eigenvalue weighted by molar-refractivity contribution is 5.88. The zero-order valence-electron chi connectivity index (χ0n) is 11.6. The second-order valence-corrected chi connectivity index (χ2v) is 7.22. The van der Waals surface area contributed by atoms with E-state index in [0.717, 1.165) is 19.3 Å². The van der Waals surface area contributed by atoms with Crippen molar-refractivity contribution in [3.63, 3.8) is 0 Å². The number of hydrogen-bond donors (Lipinski definition) is 2. The predicted molar refractivity (Wildman–Crippen MR) is 71.5 cm³/mol. The summed E-state index contributed by atoms with van der Waals surface area (Å²) in [7, 11) is 0. The molecule has 4 heteroatoms. The van der Waals surface area contributed by atoms with E-state index in [2.05, 4.69) is 6.58 Å². The Morgan fingerprint density at radius 1 is 1.10 bits per heavy atom. The molecule has 4 aliphatic carbocycles. The molecule has 0 saturated heterocycles. The Kier molecular flexibility index (Phi) is 2.77. The first kappa shape index (κ1) is 12.8. The molecule has 8 unspecified atom stereocenters. The van der Waals surface area contributed by atoms with E-state index in [4.69, 9.17) is 9.84 Å². The van der Waals surface area contributed by atoms with Crippen molar-refractivity contribution in [1.29, 1.82) is 0 Å². The zero-order chi connectivity index (χ0) is 14.0. The fourth-order valence-corrected chi connectivity index (χ4v) is 5.93. The average molecular weight is 278 g/mol. The summed E-state index contributed by atoms with van der Waals surface area (Å²) in [5.41, 5.74) is 0.146. The zero-order valence-corrected chi connectivity index (χ0v) is 11.6. The molecule has 110 valence electrons. The lowest BCUT2D eigenvalue weighted by Crippen LogP contribution is -2.41. The topological polar surface area (TPSA) is 66.8 Å². The number of hydrogen-bond acceptors (Lipinski definition) is 4. The molecule has 0 spiro atoms. The number of carbonyl (C=O) groups excluding carboxylic acids is 1. The second kappa shape index (κ2) is 4.31. The van der Waals surface area contributed by atoms with Gasteiger partial charge in [-0.15, -0.1) is 0 Å². The maximum absolute atomic E-state index is 11.8. The van der Waals surface area contributed by atoms with Crippen LogP contribution in [0.1, 0.15) is 25.7 Å². The van der Waals surface area contributed by atoms with E-state index in [1.807, 2.05) is 0 Å². The maximum atomic E-state index is 11.8. The minimum Gasteiger partial charge on any atom is -0.459 e. The molecule has 2 N–H and O–H groups in total. The van der Waals surface area contributed by atoms with Crippen molar-refractivity contribution in [3.8, 4) is 0 Å². The lowest BCUT2D eigenvalue weighted by atomic mass is 9.69. The van der Waals surface area contributed by atoms with Crippen LogP contribution in [0.25, 0.3) is 0 Å². The monoisotopic (exact) mass is 278 g/mol. The van der Waals surface area contributed by atoms with Gasteiger partial charge in [0.05, 0.1) is 18.3 Å². The van der Waals surface area contributed by atoms with Gasteiger partial charge in [-0.05, 0) is 61.2 Å². The molecule has 4 fully saturated rings. The molecule has 0 radical (unpaired) electrons. The molecule has 0 aromatic carbocycles. The first-order valence-electron chi connectivity index (χ1n) is 7.77. The molecule has 4 bridgehead atoms. The number of aliphatic hydroxyl groups excluding tert-OH is 2. The van der Waals surface area contributed by atoms with Crippen LogP contribution in [0.5, 0.6) is 0 Å². The smallest absolute Gasteiger partial charge is 0.336 e. The van der Waals surface area contributed by atoms with Crippen LogP contribution in [0.15, 0.2) is 12.2 Å². The standard InChI is InChI=1S/C16H22O4/c1-7(6-17)16(19)20-13-5-9-3-11(13)15-8-2-10(14(9)15)12(18)4-8/h8-15,17-18H,1-6H2. The third-order valence-corrected chi connectivity index (χ3v) is 6.46. The summed E-state index contributed by atoms with van der Waals surface area (Å²) in [4.78, 5) is 11.8. The van der Waals surface area contributed by atoms with Crippen molar-refractivity contribution in [1.82, 2.24) is 0 Å². The Bertz CT molecular complexity index is 459. The molecule has 0 amide bonds. The normalized spacial score (nSPS) is 51.3. The lowest BCUT2D eigenvalue weighted by Gasteiger charge is -2.39. The highest BCUT2D eigenvalue weighted by atomic mass is 16.5. The van der Waals surface area contributed by atoms with Crippen molar-refractivity contribution < 1.29 is 19.7 Å². The summed E-state index contributed by atoms with van der Waals surface area (Å²) in [6.45, 7) is 3.20. The first-order valence-corrected chi connectivity index (χ1v) is 7.77. The van der Waals surface area contributed by atoms with Gasteiger partial charge in [-0.2, -0.15) is 0 Å². The Hall–Kier alpha value is -0.870. The van der Waals surface area contributed by atoms with E-state index in [-0.39, 0.29) is 24.4 Å². The Balaban J connectivity index is 1.48. The molecule has 8 atom stereocenters. The number of aliphatic hydroxyl groups is 2. The van der Waals surface area contributed by atoms with Crippen molar-refractivity contribution in [2.45, 2.75) is 37.9 Å². The molecule has 20 heavy (non-hydrogen) atoms. The average Bonchev–Trinajstić information content (AvgIpc) is 3.14. The maximum Gasteiger partial charge on any atom is 0.336 e. The van der Waals surface area contributed by atoms with Crippen LogP contribution in [0.2, 0.25) is 0 Å². The van der Waals surface area contributed by atoms with Crippen LogP contribution >= 0.6 is 0 Å². The van der Waals surface area contributed by atoms with Crippen molar-refractivity contribution in [2.75, 3.05) is 6.61 Å². The quantitative estimate of drug-likeness (QED) is 0.461. The number of rotatable bonds is 3. The van der Waals surface area contributed by atoms with Crippen LogP contribution in [0.3, 0.4) is 0 Å². The fraction of sp³-hybridized carbons (Fsp3) is 0.812. The van der Waals surface area contributed by atoms with Gasteiger partial charge in [0.2, 0.25) is 0 Å². The van der Waals surface area contributed by atoms with Gasteiger partial charge in [-0.3, -0.25) is 0 Å². The van der Waals surface area contributed by atoms with E-state index in [9.17, 15) is 9.90 Å². The SMILES string of the molecule is C=C(CO)C(=O)OC1CC2CC1C1C3CC(O)C(C3)C21. The summed E-state index contributed by atoms with van der Waals surface area (Å²) >= 11 is 0. The van der Waals surface area contributed by atoms with Gasteiger partial charge in [0.1, 0.15) is 6.10 Å². The number of fused-ring (bicyclic) bond motifs is 9. The van der Waals surface area contributed by atoms with Gasteiger partial charge < -0.3 is 14.9 Å². The number of carbonyl (C=O) groups is 1. The van der Waals surface area contributed by atoms with Crippen LogP contribution in [-0.4, -0.2) is 35.0 Å². The highest BCUT2D eigenvalue weighted by Gasteiger charge is 2.65. The molecule has 4 saturated carbocycles. The van der Waals surface area contributed by atoms with Gasteiger partial charge >= 0.3 is 5.97 Å². The Labute approximate surface area is 118 Å². The molecule has 0 heterocycles. The fourth-order valence-electron chi connectivity index (χ4n) is 5.93. The molecular formula is C16H22O4.